The van der Waals surface area contributed by atoms with Gasteiger partial charge < -0.3 is 11.1 Å². The van der Waals surface area contributed by atoms with Crippen LogP contribution in [0.1, 0.15) is 35.9 Å². The minimum absolute atomic E-state index is 0.0569. The molecule has 3 rings (SSSR count). The molecule has 1 aromatic heterocycles. The van der Waals surface area contributed by atoms with Crippen molar-refractivity contribution in [2.45, 2.75) is 32.2 Å². The normalized spacial score (nSPS) is 22.3. The highest BCUT2D eigenvalue weighted by atomic mass is 35.5. The average molecular weight is 309 g/mol. The maximum Gasteiger partial charge on any atom is 0.263 e. The second-order valence-corrected chi connectivity index (χ2v) is 6.96. The average Bonchev–Trinajstić information content (AvgIpc) is 2.94. The Labute approximate surface area is 127 Å². The molecule has 20 heavy (non-hydrogen) atoms. The van der Waals surface area contributed by atoms with Gasteiger partial charge >= 0.3 is 0 Å². The van der Waals surface area contributed by atoms with Gasteiger partial charge in [-0.25, -0.2) is 0 Å². The van der Waals surface area contributed by atoms with E-state index in [0.29, 0.717) is 21.5 Å². The second kappa shape index (κ2) is 5.26. The molecule has 106 valence electrons. The number of carbonyl (C=O) groups excluding carboxylic acids is 1. The first-order valence-corrected chi connectivity index (χ1v) is 8.04. The molecule has 1 aliphatic carbocycles. The molecule has 0 saturated heterocycles. The summed E-state index contributed by atoms with van der Waals surface area (Å²) in [6, 6.07) is 5.80. The molecule has 1 saturated carbocycles. The summed E-state index contributed by atoms with van der Waals surface area (Å²) in [5.74, 6) is 0.488. The molecule has 2 aromatic rings. The molecule has 1 aliphatic rings. The smallest absolute Gasteiger partial charge is 0.263 e. The van der Waals surface area contributed by atoms with Crippen molar-refractivity contribution in [1.82, 2.24) is 5.32 Å². The fraction of sp³-hybridized carbons (Fsp3) is 0.400. The van der Waals surface area contributed by atoms with Crippen molar-refractivity contribution >= 4 is 44.6 Å². The minimum atomic E-state index is -0.0569. The summed E-state index contributed by atoms with van der Waals surface area (Å²) in [5.41, 5.74) is 6.67. The van der Waals surface area contributed by atoms with E-state index in [1.165, 1.54) is 24.2 Å². The first-order valence-electron chi connectivity index (χ1n) is 6.84. The van der Waals surface area contributed by atoms with Crippen LogP contribution in [0.2, 0.25) is 5.02 Å². The maximum absolute atomic E-state index is 12.4. The van der Waals surface area contributed by atoms with Crippen LogP contribution in [-0.4, -0.2) is 11.9 Å². The van der Waals surface area contributed by atoms with Crippen molar-refractivity contribution in [1.29, 1.82) is 0 Å². The summed E-state index contributed by atoms with van der Waals surface area (Å²) in [6.07, 6.45) is 3.43. The summed E-state index contributed by atoms with van der Waals surface area (Å²) in [6.45, 7) is 2.19. The predicted molar refractivity (Wildman–Crippen MR) is 85.5 cm³/mol. The van der Waals surface area contributed by atoms with Gasteiger partial charge in [-0.05, 0) is 37.0 Å². The number of anilines is 1. The number of carbonyl (C=O) groups is 1. The maximum atomic E-state index is 12.4. The van der Waals surface area contributed by atoms with Crippen molar-refractivity contribution in [3.63, 3.8) is 0 Å². The number of nitrogens with two attached hydrogens (primary N) is 1. The third-order valence-corrected chi connectivity index (χ3v) is 5.48. The van der Waals surface area contributed by atoms with Gasteiger partial charge in [-0.2, -0.15) is 0 Å². The van der Waals surface area contributed by atoms with Crippen molar-refractivity contribution < 1.29 is 4.79 Å². The molecule has 2 unspecified atom stereocenters. The van der Waals surface area contributed by atoms with Gasteiger partial charge in [-0.15, -0.1) is 11.3 Å². The number of amides is 1. The molecular weight excluding hydrogens is 292 g/mol. The van der Waals surface area contributed by atoms with Crippen molar-refractivity contribution in [3.05, 3.63) is 28.1 Å². The second-order valence-electron chi connectivity index (χ2n) is 5.47. The Morgan fingerprint density at radius 2 is 2.25 bits per heavy atom. The van der Waals surface area contributed by atoms with Crippen LogP contribution in [0.25, 0.3) is 10.1 Å². The Bertz CT molecular complexity index is 667. The molecule has 1 fully saturated rings. The molecule has 5 heteroatoms. The van der Waals surface area contributed by atoms with Crippen LogP contribution in [0.5, 0.6) is 0 Å². The van der Waals surface area contributed by atoms with E-state index in [1.807, 2.05) is 12.1 Å². The molecule has 3 N–H and O–H groups in total. The van der Waals surface area contributed by atoms with E-state index in [-0.39, 0.29) is 11.9 Å². The van der Waals surface area contributed by atoms with Crippen LogP contribution in [0.4, 0.5) is 5.69 Å². The summed E-state index contributed by atoms with van der Waals surface area (Å²) in [7, 11) is 0. The summed E-state index contributed by atoms with van der Waals surface area (Å²) < 4.78 is 0.958. The van der Waals surface area contributed by atoms with Crippen molar-refractivity contribution in [3.8, 4) is 0 Å². The standard InChI is InChI=1S/C15H17ClN2OS/c1-8-3-2-4-11(8)18-15(19)14-13(17)10-6-5-9(16)7-12(10)20-14/h5-8,11H,2-4,17H2,1H3,(H,18,19). The highest BCUT2D eigenvalue weighted by Crippen LogP contribution is 2.35. The lowest BCUT2D eigenvalue weighted by Crippen LogP contribution is -2.36. The van der Waals surface area contributed by atoms with Crippen LogP contribution < -0.4 is 11.1 Å². The largest absolute Gasteiger partial charge is 0.397 e. The van der Waals surface area contributed by atoms with E-state index in [9.17, 15) is 4.79 Å². The van der Waals surface area contributed by atoms with Gasteiger partial charge in [-0.1, -0.05) is 24.9 Å². The SMILES string of the molecule is CC1CCCC1NC(=O)c1sc2cc(Cl)ccc2c1N. The first kappa shape index (κ1) is 13.7. The molecule has 0 radical (unpaired) electrons. The van der Waals surface area contributed by atoms with Crippen LogP contribution in [0.3, 0.4) is 0 Å². The van der Waals surface area contributed by atoms with Crippen LogP contribution in [0.15, 0.2) is 18.2 Å². The molecular formula is C15H17ClN2OS. The van der Waals surface area contributed by atoms with Gasteiger partial charge in [0.05, 0.1) is 5.69 Å². The third kappa shape index (κ3) is 2.38. The molecule has 0 bridgehead atoms. The zero-order valence-electron chi connectivity index (χ0n) is 11.3. The lowest BCUT2D eigenvalue weighted by molar-refractivity contribution is 0.0934. The minimum Gasteiger partial charge on any atom is -0.397 e. The summed E-state index contributed by atoms with van der Waals surface area (Å²) in [5, 5.41) is 4.69. The Morgan fingerprint density at radius 1 is 1.45 bits per heavy atom. The van der Waals surface area contributed by atoms with E-state index in [4.69, 9.17) is 17.3 Å². The van der Waals surface area contributed by atoms with Gasteiger partial charge in [-0.3, -0.25) is 4.79 Å². The molecule has 0 spiro atoms. The molecule has 0 aliphatic heterocycles. The van der Waals surface area contributed by atoms with Crippen LogP contribution >= 0.6 is 22.9 Å². The van der Waals surface area contributed by atoms with E-state index >= 15 is 0 Å². The van der Waals surface area contributed by atoms with E-state index in [1.54, 1.807) is 6.07 Å². The summed E-state index contributed by atoms with van der Waals surface area (Å²) in [4.78, 5) is 13.0. The number of thiophene rings is 1. The predicted octanol–water partition coefficient (Wildman–Crippen LogP) is 4.06. The zero-order chi connectivity index (χ0) is 14.3. The quantitative estimate of drug-likeness (QED) is 0.879. The highest BCUT2D eigenvalue weighted by molar-refractivity contribution is 7.21. The molecule has 1 heterocycles. The van der Waals surface area contributed by atoms with Gasteiger partial charge in [0.2, 0.25) is 0 Å². The highest BCUT2D eigenvalue weighted by Gasteiger charge is 2.26. The monoisotopic (exact) mass is 308 g/mol. The van der Waals surface area contributed by atoms with Crippen molar-refractivity contribution in [2.75, 3.05) is 5.73 Å². The fourth-order valence-corrected chi connectivity index (χ4v) is 4.15. The van der Waals surface area contributed by atoms with Gasteiger partial charge in [0.25, 0.3) is 5.91 Å². The number of rotatable bonds is 2. The van der Waals surface area contributed by atoms with Gasteiger partial charge in [0, 0.05) is 21.2 Å². The van der Waals surface area contributed by atoms with Crippen LogP contribution in [-0.2, 0) is 0 Å². The summed E-state index contributed by atoms with van der Waals surface area (Å²) >= 11 is 7.39. The van der Waals surface area contributed by atoms with Gasteiger partial charge in [0.1, 0.15) is 4.88 Å². The Balaban J connectivity index is 1.89. The lowest BCUT2D eigenvalue weighted by Gasteiger charge is -2.16. The number of hydrogen-bond acceptors (Lipinski definition) is 3. The molecule has 3 nitrogen and oxygen atoms in total. The third-order valence-electron chi connectivity index (χ3n) is 4.07. The number of hydrogen-bond donors (Lipinski definition) is 2. The van der Waals surface area contributed by atoms with Crippen LogP contribution in [0, 0.1) is 5.92 Å². The Morgan fingerprint density at radius 3 is 2.95 bits per heavy atom. The van der Waals surface area contributed by atoms with E-state index in [2.05, 4.69) is 12.2 Å². The Kier molecular flexibility index (Phi) is 3.61. The number of benzene rings is 1. The van der Waals surface area contributed by atoms with E-state index < -0.39 is 0 Å². The number of halogens is 1. The Hall–Kier alpha value is -1.26. The topological polar surface area (TPSA) is 55.1 Å². The van der Waals surface area contributed by atoms with Gasteiger partial charge in [0.15, 0.2) is 0 Å². The number of nitrogens with one attached hydrogen (secondary N) is 1. The first-order chi connectivity index (χ1) is 9.56. The zero-order valence-corrected chi connectivity index (χ0v) is 12.9. The molecule has 2 atom stereocenters. The fourth-order valence-electron chi connectivity index (χ4n) is 2.85. The number of fused-ring (bicyclic) bond motifs is 1. The molecule has 1 amide bonds. The van der Waals surface area contributed by atoms with E-state index in [0.717, 1.165) is 16.5 Å². The van der Waals surface area contributed by atoms with Crippen molar-refractivity contribution in [2.24, 2.45) is 5.92 Å². The lowest BCUT2D eigenvalue weighted by atomic mass is 10.1. The number of nitrogen functional groups attached to an aromatic ring is 1. The molecule has 1 aromatic carbocycles.